The number of hydrogen-bond donors (Lipinski definition) is 0. The van der Waals surface area contributed by atoms with E-state index in [1.165, 1.54) is 11.1 Å². The minimum absolute atomic E-state index is 0.628. The number of benzene rings is 1. The predicted molar refractivity (Wildman–Crippen MR) is 78.2 cm³/mol. The molecule has 0 N–H and O–H groups in total. The predicted octanol–water partition coefficient (Wildman–Crippen LogP) is 4.82. The Labute approximate surface area is 110 Å². The van der Waals surface area contributed by atoms with Crippen molar-refractivity contribution in [1.82, 2.24) is 0 Å². The van der Waals surface area contributed by atoms with Gasteiger partial charge in [-0.05, 0) is 48.0 Å². The summed E-state index contributed by atoms with van der Waals surface area (Å²) in [6, 6.07) is 6.42. The molecule has 0 saturated carbocycles. The first-order chi connectivity index (χ1) is 8.04. The second-order valence-corrected chi connectivity index (χ2v) is 5.51. The van der Waals surface area contributed by atoms with Gasteiger partial charge in [0.2, 0.25) is 0 Å². The number of hydrogen-bond acceptors (Lipinski definition) is 2. The first-order valence-corrected chi connectivity index (χ1v) is 6.64. The Kier molecular flexibility index (Phi) is 5.54. The molecule has 2 heteroatoms. The monoisotopic (exact) mass is 247 g/mol. The number of para-hydroxylation sites is 1. The van der Waals surface area contributed by atoms with Crippen LogP contribution < -0.4 is 0 Å². The molecule has 0 heterocycles. The fourth-order valence-electron chi connectivity index (χ4n) is 2.04. The van der Waals surface area contributed by atoms with E-state index in [2.05, 4.69) is 56.0 Å². The average Bonchev–Trinajstić information content (AvgIpc) is 2.21. The van der Waals surface area contributed by atoms with Crippen molar-refractivity contribution >= 4 is 23.1 Å². The lowest BCUT2D eigenvalue weighted by atomic mass is 9.94. The highest BCUT2D eigenvalue weighted by Crippen LogP contribution is 2.28. The number of rotatable bonds is 5. The van der Waals surface area contributed by atoms with Gasteiger partial charge in [0.15, 0.2) is 0 Å². The van der Waals surface area contributed by atoms with Gasteiger partial charge in [-0.25, -0.2) is 0 Å². The molecular formula is C15H21NS. The third-order valence-electron chi connectivity index (χ3n) is 2.62. The van der Waals surface area contributed by atoms with Gasteiger partial charge in [-0.3, -0.25) is 0 Å². The van der Waals surface area contributed by atoms with Gasteiger partial charge in [0.25, 0.3) is 0 Å². The molecular weight excluding hydrogens is 226 g/mol. The largest absolute Gasteiger partial charge is 0.194 e. The van der Waals surface area contributed by atoms with Crippen LogP contribution in [-0.2, 0) is 12.8 Å². The Morgan fingerprint density at radius 3 is 1.88 bits per heavy atom. The topological polar surface area (TPSA) is 12.4 Å². The Hall–Kier alpha value is -0.980. The molecule has 1 nitrogen and oxygen atoms in total. The first-order valence-electron chi connectivity index (χ1n) is 6.23. The van der Waals surface area contributed by atoms with E-state index in [0.717, 1.165) is 18.5 Å². The molecule has 0 aromatic heterocycles. The van der Waals surface area contributed by atoms with E-state index in [4.69, 9.17) is 12.2 Å². The molecule has 0 fully saturated rings. The zero-order valence-corrected chi connectivity index (χ0v) is 12.0. The second kappa shape index (κ2) is 6.68. The maximum atomic E-state index is 4.76. The Morgan fingerprint density at radius 1 is 1.06 bits per heavy atom. The van der Waals surface area contributed by atoms with Crippen molar-refractivity contribution in [3.63, 3.8) is 0 Å². The molecule has 0 radical (unpaired) electrons. The molecule has 0 saturated heterocycles. The van der Waals surface area contributed by atoms with Crippen LogP contribution in [-0.4, -0.2) is 5.16 Å². The Bertz CT molecular complexity index is 387. The van der Waals surface area contributed by atoms with Gasteiger partial charge in [-0.1, -0.05) is 45.9 Å². The average molecular weight is 247 g/mol. The van der Waals surface area contributed by atoms with Crippen LogP contribution in [0.25, 0.3) is 0 Å². The highest BCUT2D eigenvalue weighted by Gasteiger charge is 2.10. The first kappa shape index (κ1) is 14.1. The zero-order valence-electron chi connectivity index (χ0n) is 11.2. The van der Waals surface area contributed by atoms with Crippen LogP contribution in [0.2, 0.25) is 0 Å². The van der Waals surface area contributed by atoms with E-state index >= 15 is 0 Å². The fraction of sp³-hybridized carbons (Fsp3) is 0.533. The molecule has 0 unspecified atom stereocenters. The SMILES string of the molecule is CC(C)Cc1cccc(CC(C)C)c1N=C=S. The maximum absolute atomic E-state index is 4.76. The van der Waals surface area contributed by atoms with E-state index in [1.807, 2.05) is 0 Å². The van der Waals surface area contributed by atoms with Gasteiger partial charge in [-0.15, -0.1) is 0 Å². The van der Waals surface area contributed by atoms with E-state index in [1.54, 1.807) is 0 Å². The molecule has 0 aliphatic rings. The quantitative estimate of drug-likeness (QED) is 0.537. The highest BCUT2D eigenvalue weighted by molar-refractivity contribution is 7.78. The standard InChI is InChI=1S/C15H21NS/c1-11(2)8-13-6-5-7-14(9-12(3)4)15(13)16-10-17/h5-7,11-12H,8-9H2,1-4H3. The molecule has 0 bridgehead atoms. The molecule has 0 aliphatic heterocycles. The van der Waals surface area contributed by atoms with Gasteiger partial charge in [0, 0.05) is 0 Å². The number of isothiocyanates is 1. The van der Waals surface area contributed by atoms with Gasteiger partial charge < -0.3 is 0 Å². The smallest absolute Gasteiger partial charge is 0.0803 e. The summed E-state index contributed by atoms with van der Waals surface area (Å²) in [4.78, 5) is 4.28. The fourth-order valence-corrected chi connectivity index (χ4v) is 2.13. The van der Waals surface area contributed by atoms with Crippen molar-refractivity contribution < 1.29 is 0 Å². The minimum Gasteiger partial charge on any atom is -0.194 e. The van der Waals surface area contributed by atoms with Gasteiger partial charge in [0.1, 0.15) is 0 Å². The normalized spacial score (nSPS) is 10.7. The van der Waals surface area contributed by atoms with Crippen LogP contribution in [0.5, 0.6) is 0 Å². The summed E-state index contributed by atoms with van der Waals surface area (Å²) in [5.74, 6) is 1.26. The van der Waals surface area contributed by atoms with Gasteiger partial charge >= 0.3 is 0 Å². The lowest BCUT2D eigenvalue weighted by molar-refractivity contribution is 0.637. The summed E-state index contributed by atoms with van der Waals surface area (Å²) < 4.78 is 0. The summed E-state index contributed by atoms with van der Waals surface area (Å²) in [5, 5.41) is 2.52. The summed E-state index contributed by atoms with van der Waals surface area (Å²) in [6.45, 7) is 8.89. The van der Waals surface area contributed by atoms with Gasteiger partial charge in [0.05, 0.1) is 10.8 Å². The maximum Gasteiger partial charge on any atom is 0.0803 e. The lowest BCUT2D eigenvalue weighted by Gasteiger charge is -2.13. The van der Waals surface area contributed by atoms with Crippen LogP contribution in [0.1, 0.15) is 38.8 Å². The van der Waals surface area contributed by atoms with Crippen molar-refractivity contribution in [2.75, 3.05) is 0 Å². The molecule has 17 heavy (non-hydrogen) atoms. The van der Waals surface area contributed by atoms with E-state index in [-0.39, 0.29) is 0 Å². The van der Waals surface area contributed by atoms with Crippen LogP contribution in [0.3, 0.4) is 0 Å². The van der Waals surface area contributed by atoms with Crippen LogP contribution in [0.15, 0.2) is 23.2 Å². The molecule has 1 aromatic rings. The van der Waals surface area contributed by atoms with Crippen molar-refractivity contribution in [3.8, 4) is 0 Å². The molecule has 1 rings (SSSR count). The summed E-state index contributed by atoms with van der Waals surface area (Å²) in [7, 11) is 0. The number of aliphatic imine (C=N–C) groups is 1. The van der Waals surface area contributed by atoms with Crippen LogP contribution in [0.4, 0.5) is 5.69 Å². The van der Waals surface area contributed by atoms with Crippen molar-refractivity contribution in [1.29, 1.82) is 0 Å². The molecule has 0 spiro atoms. The lowest BCUT2D eigenvalue weighted by Crippen LogP contribution is -1.99. The van der Waals surface area contributed by atoms with Crippen molar-refractivity contribution in [2.24, 2.45) is 16.8 Å². The zero-order chi connectivity index (χ0) is 12.8. The number of thiocarbonyl (C=S) groups is 1. The molecule has 1 aromatic carbocycles. The van der Waals surface area contributed by atoms with Crippen molar-refractivity contribution in [3.05, 3.63) is 29.3 Å². The molecule has 0 amide bonds. The van der Waals surface area contributed by atoms with E-state index < -0.39 is 0 Å². The van der Waals surface area contributed by atoms with E-state index in [9.17, 15) is 0 Å². The minimum atomic E-state index is 0.628. The summed E-state index contributed by atoms with van der Waals surface area (Å²) in [6.07, 6.45) is 2.09. The molecule has 0 aliphatic carbocycles. The van der Waals surface area contributed by atoms with E-state index in [0.29, 0.717) is 11.8 Å². The Morgan fingerprint density at radius 2 is 1.53 bits per heavy atom. The molecule has 0 atom stereocenters. The Balaban J connectivity index is 3.16. The van der Waals surface area contributed by atoms with Crippen molar-refractivity contribution in [2.45, 2.75) is 40.5 Å². The molecule has 92 valence electrons. The number of nitrogens with zero attached hydrogens (tertiary/aromatic N) is 1. The third-order valence-corrected chi connectivity index (χ3v) is 2.71. The highest BCUT2D eigenvalue weighted by atomic mass is 32.1. The van der Waals surface area contributed by atoms with Crippen LogP contribution >= 0.6 is 12.2 Å². The van der Waals surface area contributed by atoms with Gasteiger partial charge in [-0.2, -0.15) is 4.99 Å². The van der Waals surface area contributed by atoms with Crippen LogP contribution in [0, 0.1) is 11.8 Å². The third kappa shape index (κ3) is 4.41. The summed E-state index contributed by atoms with van der Waals surface area (Å²) in [5.41, 5.74) is 3.62. The summed E-state index contributed by atoms with van der Waals surface area (Å²) >= 11 is 4.76. The second-order valence-electron chi connectivity index (χ2n) is 5.32.